The molecule has 9 aromatic carbocycles. The summed E-state index contributed by atoms with van der Waals surface area (Å²) in [6.45, 7) is 0. The Bertz CT molecular complexity index is 4470. The summed E-state index contributed by atoms with van der Waals surface area (Å²) in [4.78, 5) is 10.4. The Balaban J connectivity index is 0.872. The zero-order valence-corrected chi connectivity index (χ0v) is 38.2. The summed E-state index contributed by atoms with van der Waals surface area (Å²) in [7, 11) is 0. The SMILES string of the molecule is c1ccc2c(c1)Oc1ccc(-c3ccc4c(c3)c3ccccc3n4-c3ccc(-n4c5ccccc5c5ccccc54)cc3)cc1C21c2cccnc2-c2ncc(-n3c4ccccc4c4ccccc43)cc21. The zero-order chi connectivity index (χ0) is 46.4. The lowest BCUT2D eigenvalue weighted by Gasteiger charge is -2.39. The van der Waals surface area contributed by atoms with Gasteiger partial charge in [-0.15, -0.1) is 0 Å². The third kappa shape index (κ3) is 5.15. The van der Waals surface area contributed by atoms with Crippen molar-refractivity contribution >= 4 is 65.4 Å². The molecule has 6 nitrogen and oxygen atoms in total. The Morgan fingerprint density at radius 1 is 0.310 bits per heavy atom. The summed E-state index contributed by atoms with van der Waals surface area (Å²) < 4.78 is 14.0. The molecule has 0 fully saturated rings. The molecule has 6 heterocycles. The van der Waals surface area contributed by atoms with E-state index in [1.807, 2.05) is 12.4 Å². The largest absolute Gasteiger partial charge is 0.457 e. The standard InChI is InChI=1S/C65H39N5O/c1-7-21-55-45(14-1)46-15-2-8-22-56(46)68(55)42-29-31-43(32-30-42)69-59-25-11-5-18-49(59)50-36-40(27-33-60(50)69)41-28-34-62-53(37-41)65(51-19-6-12-26-61(51)71-62)52-20-13-35-66-63(52)64-54(65)38-44(39-67-64)70-57-23-9-3-16-47(57)48-17-4-10-24-58(48)70/h1-39H. The minimum absolute atomic E-state index is 0.771. The van der Waals surface area contributed by atoms with Gasteiger partial charge in [0.25, 0.3) is 0 Å². The lowest BCUT2D eigenvalue weighted by Crippen LogP contribution is -2.32. The van der Waals surface area contributed by atoms with Crippen molar-refractivity contribution in [1.82, 2.24) is 23.7 Å². The summed E-state index contributed by atoms with van der Waals surface area (Å²) in [6, 6.07) is 81.3. The van der Waals surface area contributed by atoms with Gasteiger partial charge in [0.1, 0.15) is 11.5 Å². The highest BCUT2D eigenvalue weighted by Gasteiger charge is 2.52. The molecule has 0 saturated carbocycles. The normalized spacial score (nSPS) is 14.6. The molecule has 6 heteroatoms. The van der Waals surface area contributed by atoms with Crippen LogP contribution in [-0.4, -0.2) is 23.7 Å². The molecule has 16 rings (SSSR count). The minimum atomic E-state index is -0.771. The van der Waals surface area contributed by atoms with E-state index in [2.05, 4.69) is 238 Å². The third-order valence-electron chi connectivity index (χ3n) is 15.4. The molecule has 0 N–H and O–H groups in total. The highest BCUT2D eigenvalue weighted by atomic mass is 16.5. The molecule has 1 spiro atoms. The van der Waals surface area contributed by atoms with Crippen LogP contribution < -0.4 is 4.74 Å². The second-order valence-electron chi connectivity index (χ2n) is 18.9. The van der Waals surface area contributed by atoms with E-state index in [0.29, 0.717) is 0 Å². The molecule has 2 aliphatic rings. The molecule has 14 aromatic rings. The number of fused-ring (bicyclic) bond motifs is 18. The van der Waals surface area contributed by atoms with Crippen LogP contribution in [0, 0.1) is 0 Å². The summed E-state index contributed by atoms with van der Waals surface area (Å²) in [5, 5.41) is 7.34. The molecule has 1 atom stereocenters. The fourth-order valence-electron chi connectivity index (χ4n) is 12.5. The Hall–Kier alpha value is -9.52. The van der Waals surface area contributed by atoms with E-state index in [1.165, 1.54) is 43.4 Å². The summed E-state index contributed by atoms with van der Waals surface area (Å²) in [5.74, 6) is 1.65. The number of hydrogen-bond donors (Lipinski definition) is 0. The first-order valence-corrected chi connectivity index (χ1v) is 24.2. The summed E-state index contributed by atoms with van der Waals surface area (Å²) >= 11 is 0. The Labute approximate surface area is 407 Å². The molecule has 330 valence electrons. The minimum Gasteiger partial charge on any atom is -0.457 e. The average molecular weight is 906 g/mol. The van der Waals surface area contributed by atoms with Gasteiger partial charge in [0.2, 0.25) is 0 Å². The van der Waals surface area contributed by atoms with Gasteiger partial charge in [0, 0.05) is 66.6 Å². The van der Waals surface area contributed by atoms with Crippen LogP contribution in [0.2, 0.25) is 0 Å². The quantitative estimate of drug-likeness (QED) is 0.177. The number of rotatable bonds is 4. The third-order valence-corrected chi connectivity index (χ3v) is 15.4. The first-order chi connectivity index (χ1) is 35.2. The van der Waals surface area contributed by atoms with E-state index in [1.54, 1.807) is 0 Å². The van der Waals surface area contributed by atoms with Crippen molar-refractivity contribution < 1.29 is 4.74 Å². The van der Waals surface area contributed by atoms with E-state index in [-0.39, 0.29) is 0 Å². The topological polar surface area (TPSA) is 49.8 Å². The van der Waals surface area contributed by atoms with E-state index < -0.39 is 5.41 Å². The van der Waals surface area contributed by atoms with E-state index >= 15 is 0 Å². The maximum atomic E-state index is 6.91. The highest BCUT2D eigenvalue weighted by Crippen LogP contribution is 2.62. The predicted molar refractivity (Wildman–Crippen MR) is 288 cm³/mol. The molecule has 1 unspecified atom stereocenters. The summed E-state index contributed by atoms with van der Waals surface area (Å²) in [5.41, 5.74) is 17.8. The van der Waals surface area contributed by atoms with Crippen molar-refractivity contribution in [2.24, 2.45) is 0 Å². The molecule has 5 aromatic heterocycles. The first kappa shape index (κ1) is 38.4. The van der Waals surface area contributed by atoms with E-state index in [4.69, 9.17) is 14.7 Å². The maximum Gasteiger partial charge on any atom is 0.132 e. The molecule has 1 aliphatic heterocycles. The second-order valence-corrected chi connectivity index (χ2v) is 18.9. The number of hydrogen-bond acceptors (Lipinski definition) is 3. The van der Waals surface area contributed by atoms with Crippen molar-refractivity contribution in [2.75, 3.05) is 0 Å². The molecular formula is C65H39N5O. The van der Waals surface area contributed by atoms with E-state index in [0.717, 1.165) is 95.4 Å². The summed E-state index contributed by atoms with van der Waals surface area (Å²) in [6.07, 6.45) is 3.90. The number of benzene rings is 9. The van der Waals surface area contributed by atoms with Crippen LogP contribution in [0.25, 0.3) is 105 Å². The Morgan fingerprint density at radius 3 is 1.37 bits per heavy atom. The molecule has 1 aliphatic carbocycles. The number of nitrogens with zero attached hydrogens (tertiary/aromatic N) is 5. The predicted octanol–water partition coefficient (Wildman–Crippen LogP) is 15.9. The second kappa shape index (κ2) is 14.3. The smallest absolute Gasteiger partial charge is 0.132 e. The van der Waals surface area contributed by atoms with Crippen LogP contribution in [0.1, 0.15) is 22.3 Å². The molecule has 0 saturated heterocycles. The van der Waals surface area contributed by atoms with Crippen molar-refractivity contribution in [1.29, 1.82) is 0 Å². The average Bonchev–Trinajstić information content (AvgIpc) is 4.15. The number of pyridine rings is 2. The Kier molecular flexibility index (Phi) is 7.72. The van der Waals surface area contributed by atoms with Crippen LogP contribution in [0.5, 0.6) is 11.5 Å². The van der Waals surface area contributed by atoms with Gasteiger partial charge in [-0.1, -0.05) is 127 Å². The van der Waals surface area contributed by atoms with Crippen molar-refractivity contribution in [3.05, 3.63) is 259 Å². The van der Waals surface area contributed by atoms with Gasteiger partial charge in [0.15, 0.2) is 0 Å². The molecule has 0 bridgehead atoms. The van der Waals surface area contributed by atoms with Crippen LogP contribution in [-0.2, 0) is 5.41 Å². The number of aromatic nitrogens is 5. The van der Waals surface area contributed by atoms with Crippen LogP contribution >= 0.6 is 0 Å². The number of para-hydroxylation sites is 6. The first-order valence-electron chi connectivity index (χ1n) is 24.2. The van der Waals surface area contributed by atoms with Gasteiger partial charge >= 0.3 is 0 Å². The molecule has 0 radical (unpaired) electrons. The lowest BCUT2D eigenvalue weighted by molar-refractivity contribution is 0.436. The molecule has 0 amide bonds. The Morgan fingerprint density at radius 2 is 0.761 bits per heavy atom. The zero-order valence-electron chi connectivity index (χ0n) is 38.2. The lowest BCUT2D eigenvalue weighted by atomic mass is 9.66. The van der Waals surface area contributed by atoms with Gasteiger partial charge < -0.3 is 18.4 Å². The molecule has 71 heavy (non-hydrogen) atoms. The van der Waals surface area contributed by atoms with Crippen molar-refractivity contribution in [2.45, 2.75) is 5.41 Å². The maximum absolute atomic E-state index is 6.91. The fourth-order valence-corrected chi connectivity index (χ4v) is 12.5. The fraction of sp³-hybridized carbons (Fsp3) is 0.0154. The van der Waals surface area contributed by atoms with Gasteiger partial charge in [0.05, 0.1) is 61.8 Å². The van der Waals surface area contributed by atoms with Gasteiger partial charge in [-0.05, 0) is 114 Å². The van der Waals surface area contributed by atoms with Gasteiger partial charge in [-0.2, -0.15) is 0 Å². The van der Waals surface area contributed by atoms with E-state index in [9.17, 15) is 0 Å². The number of ether oxygens (including phenoxy) is 1. The van der Waals surface area contributed by atoms with Crippen molar-refractivity contribution in [3.63, 3.8) is 0 Å². The van der Waals surface area contributed by atoms with Gasteiger partial charge in [-0.3, -0.25) is 9.97 Å². The van der Waals surface area contributed by atoms with Crippen LogP contribution in [0.3, 0.4) is 0 Å². The van der Waals surface area contributed by atoms with Gasteiger partial charge in [-0.25, -0.2) is 0 Å². The van der Waals surface area contributed by atoms with Crippen molar-refractivity contribution in [3.8, 4) is 51.1 Å². The molecular weight excluding hydrogens is 867 g/mol. The van der Waals surface area contributed by atoms with Crippen LogP contribution in [0.4, 0.5) is 0 Å². The monoisotopic (exact) mass is 905 g/mol. The van der Waals surface area contributed by atoms with Crippen LogP contribution in [0.15, 0.2) is 237 Å². The highest BCUT2D eigenvalue weighted by molar-refractivity contribution is 6.12.